The molecule has 1 aliphatic heterocycles. The first-order chi connectivity index (χ1) is 5.08. The van der Waals surface area contributed by atoms with Crippen molar-refractivity contribution < 1.29 is 33.2 Å². The van der Waals surface area contributed by atoms with Gasteiger partial charge >= 0.3 is 0 Å². The molecule has 1 atom stereocenters. The molecule has 74 valence electrons. The number of rotatable bonds is 2. The van der Waals surface area contributed by atoms with Crippen LogP contribution in [0.15, 0.2) is 0 Å². The summed E-state index contributed by atoms with van der Waals surface area (Å²) >= 11 is 0. The highest BCUT2D eigenvalue weighted by molar-refractivity contribution is 4.61. The Kier molecular flexibility index (Phi) is 5.69. The van der Waals surface area contributed by atoms with E-state index in [4.69, 9.17) is 4.74 Å². The molecule has 0 bridgehead atoms. The van der Waals surface area contributed by atoms with Crippen LogP contribution in [0.25, 0.3) is 0 Å². The van der Waals surface area contributed by atoms with E-state index in [1.54, 1.807) is 0 Å². The molecule has 0 aromatic heterocycles. The molecule has 0 N–H and O–H groups in total. The van der Waals surface area contributed by atoms with Crippen molar-refractivity contribution in [3.05, 3.63) is 0 Å². The fourth-order valence-corrected chi connectivity index (χ4v) is 1.56. The van der Waals surface area contributed by atoms with Crippen molar-refractivity contribution in [2.24, 2.45) is 0 Å². The largest absolute Gasteiger partial charge is 1.00 e. The normalized spacial score (nSPS) is 24.8. The Labute approximate surface area is 92.9 Å². The van der Waals surface area contributed by atoms with Gasteiger partial charge in [-0.1, -0.05) is 0 Å². The number of hydrogen-bond acceptors (Lipinski definition) is 1. The molecule has 0 aliphatic carbocycles. The Bertz CT molecular complexity index is 116. The smallest absolute Gasteiger partial charge is 0.106 e. The molecule has 1 aliphatic rings. The molecule has 1 saturated heterocycles. The van der Waals surface area contributed by atoms with Crippen molar-refractivity contribution in [3.63, 3.8) is 0 Å². The highest BCUT2D eigenvalue weighted by Gasteiger charge is 2.20. The van der Waals surface area contributed by atoms with E-state index in [-0.39, 0.29) is 24.0 Å². The monoisotopic (exact) mass is 285 g/mol. The minimum atomic E-state index is 0. The molecular formula is C9H20INO. The molecule has 0 radical (unpaired) electrons. The Morgan fingerprint density at radius 3 is 2.33 bits per heavy atom. The highest BCUT2D eigenvalue weighted by atomic mass is 127. The maximum atomic E-state index is 5.64. The van der Waals surface area contributed by atoms with Gasteiger partial charge in [0.1, 0.15) is 12.6 Å². The molecule has 1 fully saturated rings. The van der Waals surface area contributed by atoms with Gasteiger partial charge < -0.3 is 33.2 Å². The van der Waals surface area contributed by atoms with Crippen LogP contribution >= 0.6 is 0 Å². The first-order valence-corrected chi connectivity index (χ1v) is 4.50. The van der Waals surface area contributed by atoms with E-state index in [0.29, 0.717) is 6.10 Å². The lowest BCUT2D eigenvalue weighted by Gasteiger charge is -2.31. The second kappa shape index (κ2) is 5.40. The van der Waals surface area contributed by atoms with Gasteiger partial charge in [-0.2, -0.15) is 0 Å². The molecule has 1 unspecified atom stereocenters. The van der Waals surface area contributed by atoms with Crippen LogP contribution in [-0.2, 0) is 4.74 Å². The van der Waals surface area contributed by atoms with E-state index in [9.17, 15) is 0 Å². The predicted octanol–water partition coefficient (Wildman–Crippen LogP) is -1.73. The molecule has 0 aromatic rings. The standard InChI is InChI=1S/C9H20NO.HI/c1-10(2,3)8-9-6-4-5-7-11-9;/h9H,4-8H2,1-3H3;1H/q+1;/p-1. The maximum absolute atomic E-state index is 5.64. The summed E-state index contributed by atoms with van der Waals surface area (Å²) in [5.74, 6) is 0. The third-order valence-corrected chi connectivity index (χ3v) is 2.03. The van der Waals surface area contributed by atoms with E-state index >= 15 is 0 Å². The summed E-state index contributed by atoms with van der Waals surface area (Å²) in [6, 6.07) is 0. The summed E-state index contributed by atoms with van der Waals surface area (Å²) in [7, 11) is 6.66. The number of quaternary nitrogens is 1. The molecule has 12 heavy (non-hydrogen) atoms. The number of halogens is 1. The van der Waals surface area contributed by atoms with Gasteiger partial charge in [0.05, 0.1) is 21.1 Å². The zero-order valence-electron chi connectivity index (χ0n) is 8.35. The summed E-state index contributed by atoms with van der Waals surface area (Å²) < 4.78 is 6.66. The maximum Gasteiger partial charge on any atom is 0.106 e. The average Bonchev–Trinajstić information content (AvgIpc) is 1.85. The van der Waals surface area contributed by atoms with E-state index in [0.717, 1.165) is 17.6 Å². The SMILES string of the molecule is C[N+](C)(C)CC1CCCCO1.[I-]. The summed E-state index contributed by atoms with van der Waals surface area (Å²) in [6.07, 6.45) is 4.39. The van der Waals surface area contributed by atoms with Gasteiger partial charge in [-0.3, -0.25) is 0 Å². The van der Waals surface area contributed by atoms with Crippen molar-refractivity contribution >= 4 is 0 Å². The Morgan fingerprint density at radius 2 is 1.92 bits per heavy atom. The zero-order valence-corrected chi connectivity index (χ0v) is 10.5. The van der Waals surface area contributed by atoms with Gasteiger partial charge in [-0.25, -0.2) is 0 Å². The van der Waals surface area contributed by atoms with Crippen molar-refractivity contribution in [1.82, 2.24) is 0 Å². The Morgan fingerprint density at radius 1 is 1.25 bits per heavy atom. The lowest BCUT2D eigenvalue weighted by molar-refractivity contribution is -0.873. The van der Waals surface area contributed by atoms with Crippen LogP contribution in [0.4, 0.5) is 0 Å². The molecule has 1 heterocycles. The Hall–Kier alpha value is 0.650. The van der Waals surface area contributed by atoms with Crippen molar-refractivity contribution in [1.29, 1.82) is 0 Å². The Balaban J connectivity index is 0.00000121. The zero-order chi connectivity index (χ0) is 8.32. The first-order valence-electron chi connectivity index (χ1n) is 4.50. The average molecular weight is 285 g/mol. The van der Waals surface area contributed by atoms with Crippen LogP contribution in [0.5, 0.6) is 0 Å². The van der Waals surface area contributed by atoms with E-state index in [1.807, 2.05) is 0 Å². The van der Waals surface area contributed by atoms with Crippen LogP contribution in [0, 0.1) is 0 Å². The van der Waals surface area contributed by atoms with Gasteiger partial charge in [-0.05, 0) is 19.3 Å². The lowest BCUT2D eigenvalue weighted by Crippen LogP contribution is -3.00. The molecular weight excluding hydrogens is 265 g/mol. The molecule has 0 spiro atoms. The highest BCUT2D eigenvalue weighted by Crippen LogP contribution is 2.14. The van der Waals surface area contributed by atoms with Gasteiger partial charge in [-0.15, -0.1) is 0 Å². The van der Waals surface area contributed by atoms with Gasteiger partial charge in [0, 0.05) is 6.61 Å². The van der Waals surface area contributed by atoms with E-state index < -0.39 is 0 Å². The number of nitrogens with zero attached hydrogens (tertiary/aromatic N) is 1. The quantitative estimate of drug-likeness (QED) is 0.433. The molecule has 1 rings (SSSR count). The van der Waals surface area contributed by atoms with Gasteiger partial charge in [0.15, 0.2) is 0 Å². The number of ether oxygens (including phenoxy) is 1. The fourth-order valence-electron chi connectivity index (χ4n) is 1.56. The van der Waals surface area contributed by atoms with E-state index in [1.165, 1.54) is 19.3 Å². The summed E-state index contributed by atoms with van der Waals surface area (Å²) in [5.41, 5.74) is 0. The van der Waals surface area contributed by atoms with Crippen LogP contribution in [0.2, 0.25) is 0 Å². The minimum absolute atomic E-state index is 0. The van der Waals surface area contributed by atoms with Gasteiger partial charge in [0.2, 0.25) is 0 Å². The van der Waals surface area contributed by atoms with Crippen molar-refractivity contribution in [2.45, 2.75) is 25.4 Å². The van der Waals surface area contributed by atoms with Crippen molar-refractivity contribution in [3.8, 4) is 0 Å². The molecule has 2 nitrogen and oxygen atoms in total. The molecule has 0 saturated carbocycles. The molecule has 3 heteroatoms. The third-order valence-electron chi connectivity index (χ3n) is 2.03. The summed E-state index contributed by atoms with van der Waals surface area (Å²) in [6.45, 7) is 2.13. The van der Waals surface area contributed by atoms with Crippen LogP contribution in [0.1, 0.15) is 19.3 Å². The second-order valence-corrected chi connectivity index (χ2v) is 4.46. The van der Waals surface area contributed by atoms with E-state index in [2.05, 4.69) is 21.1 Å². The van der Waals surface area contributed by atoms with Crippen LogP contribution in [-0.4, -0.2) is 44.9 Å². The number of hydrogen-bond donors (Lipinski definition) is 0. The van der Waals surface area contributed by atoms with Crippen molar-refractivity contribution in [2.75, 3.05) is 34.3 Å². The first kappa shape index (κ1) is 12.7. The van der Waals surface area contributed by atoms with Crippen LogP contribution < -0.4 is 24.0 Å². The second-order valence-electron chi connectivity index (χ2n) is 4.46. The summed E-state index contributed by atoms with van der Waals surface area (Å²) in [5, 5.41) is 0. The summed E-state index contributed by atoms with van der Waals surface area (Å²) in [4.78, 5) is 0. The number of likely N-dealkylation sites (N-methyl/N-ethyl adjacent to an activating group) is 1. The topological polar surface area (TPSA) is 9.23 Å². The minimum Gasteiger partial charge on any atom is -1.00 e. The fraction of sp³-hybridized carbons (Fsp3) is 1.00. The molecule has 0 amide bonds. The third kappa shape index (κ3) is 5.32. The van der Waals surface area contributed by atoms with Crippen LogP contribution in [0.3, 0.4) is 0 Å². The predicted molar refractivity (Wildman–Crippen MR) is 46.5 cm³/mol. The van der Waals surface area contributed by atoms with Gasteiger partial charge in [0.25, 0.3) is 0 Å². The lowest BCUT2D eigenvalue weighted by atomic mass is 10.1. The molecule has 0 aromatic carbocycles.